The van der Waals surface area contributed by atoms with Crippen molar-refractivity contribution in [1.82, 2.24) is 24.5 Å². The Labute approximate surface area is 190 Å². The molecule has 0 saturated carbocycles. The topological polar surface area (TPSA) is 133 Å². The van der Waals surface area contributed by atoms with Crippen molar-refractivity contribution in [1.29, 1.82) is 0 Å². The van der Waals surface area contributed by atoms with Crippen LogP contribution in [0.2, 0.25) is 0 Å². The van der Waals surface area contributed by atoms with E-state index in [2.05, 4.69) is 25.3 Å². The molecule has 174 valence electrons. The average molecular weight is 455 g/mol. The second-order valence-corrected chi connectivity index (χ2v) is 7.78. The molecule has 0 N–H and O–H groups in total. The Bertz CT molecular complexity index is 1160. The number of carbonyl (C=O) groups excluding carboxylic acids is 2. The van der Waals surface area contributed by atoms with Crippen LogP contribution in [0.1, 0.15) is 33.3 Å². The second-order valence-electron chi connectivity index (χ2n) is 7.78. The Morgan fingerprint density at radius 1 is 1.15 bits per heavy atom. The number of hydrogen-bond acceptors (Lipinski definition) is 10. The van der Waals surface area contributed by atoms with Crippen LogP contribution >= 0.6 is 0 Å². The Morgan fingerprint density at radius 2 is 1.88 bits per heavy atom. The summed E-state index contributed by atoms with van der Waals surface area (Å²) >= 11 is 0. The summed E-state index contributed by atoms with van der Waals surface area (Å²) in [6, 6.07) is 9.46. The maximum Gasteiger partial charge on any atom is 0.431 e. The van der Waals surface area contributed by atoms with Crippen molar-refractivity contribution >= 4 is 29.3 Å². The first-order valence-corrected chi connectivity index (χ1v) is 10.1. The van der Waals surface area contributed by atoms with E-state index >= 15 is 0 Å². The molecule has 12 heteroatoms. The van der Waals surface area contributed by atoms with Gasteiger partial charge in [-0.25, -0.2) is 19.1 Å². The van der Waals surface area contributed by atoms with Crippen LogP contribution < -0.4 is 4.74 Å². The molecule has 0 aliphatic carbocycles. The maximum atomic E-state index is 12.6. The number of amides is 1. The first-order chi connectivity index (χ1) is 15.7. The molecule has 0 bridgehead atoms. The fourth-order valence-electron chi connectivity index (χ4n) is 2.54. The van der Waals surface area contributed by atoms with Crippen molar-refractivity contribution in [2.75, 3.05) is 13.7 Å². The van der Waals surface area contributed by atoms with Gasteiger partial charge in [0, 0.05) is 7.05 Å². The lowest BCUT2D eigenvalue weighted by Gasteiger charge is -2.19. The largest absolute Gasteiger partial charge is 0.471 e. The van der Waals surface area contributed by atoms with Crippen molar-refractivity contribution in [3.63, 3.8) is 0 Å². The smallest absolute Gasteiger partial charge is 0.431 e. The number of hydrogen-bond donors (Lipinski definition) is 0. The minimum absolute atomic E-state index is 0.0962. The molecule has 3 rings (SSSR count). The lowest BCUT2D eigenvalue weighted by molar-refractivity contribution is 0.0542. The summed E-state index contributed by atoms with van der Waals surface area (Å²) in [6.45, 7) is 7.31. The van der Waals surface area contributed by atoms with Gasteiger partial charge in [-0.15, -0.1) is 0 Å². The SMILES string of the molecule is CCOC(=O)N(C)/N=N/c1nc(OCc2ccccc2)c2ncn(C(=O)OC(C)(C)C)c2n1. The molecule has 0 spiro atoms. The molecule has 1 amide bonds. The van der Waals surface area contributed by atoms with E-state index in [4.69, 9.17) is 14.2 Å². The number of nitrogens with zero attached hydrogens (tertiary/aromatic N) is 7. The molecular formula is C21H25N7O5. The molecule has 33 heavy (non-hydrogen) atoms. The first-order valence-electron chi connectivity index (χ1n) is 10.1. The maximum absolute atomic E-state index is 12.6. The summed E-state index contributed by atoms with van der Waals surface area (Å²) < 4.78 is 17.2. The fourth-order valence-corrected chi connectivity index (χ4v) is 2.54. The number of imidazole rings is 1. The van der Waals surface area contributed by atoms with E-state index in [1.165, 1.54) is 13.4 Å². The zero-order chi connectivity index (χ0) is 24.0. The summed E-state index contributed by atoms with van der Waals surface area (Å²) in [5, 5.41) is 8.53. The van der Waals surface area contributed by atoms with E-state index in [1.54, 1.807) is 27.7 Å². The van der Waals surface area contributed by atoms with Crippen LogP contribution in [-0.2, 0) is 16.1 Å². The van der Waals surface area contributed by atoms with E-state index in [0.717, 1.165) is 15.1 Å². The minimum atomic E-state index is -0.724. The van der Waals surface area contributed by atoms with Gasteiger partial charge >= 0.3 is 12.2 Å². The Balaban J connectivity index is 1.98. The van der Waals surface area contributed by atoms with Crippen LogP contribution in [0.4, 0.5) is 15.5 Å². The second kappa shape index (κ2) is 10.0. The predicted octanol–water partition coefficient (Wildman–Crippen LogP) is 4.28. The number of ether oxygens (including phenoxy) is 3. The Hall–Kier alpha value is -4.09. The van der Waals surface area contributed by atoms with Crippen LogP contribution in [0.3, 0.4) is 0 Å². The highest BCUT2D eigenvalue weighted by molar-refractivity contribution is 5.87. The van der Waals surface area contributed by atoms with E-state index < -0.39 is 17.8 Å². The van der Waals surface area contributed by atoms with E-state index in [9.17, 15) is 9.59 Å². The van der Waals surface area contributed by atoms with E-state index in [0.29, 0.717) is 0 Å². The van der Waals surface area contributed by atoms with Gasteiger partial charge in [-0.05, 0) is 33.3 Å². The van der Waals surface area contributed by atoms with Crippen molar-refractivity contribution in [2.45, 2.75) is 39.9 Å². The van der Waals surface area contributed by atoms with Gasteiger partial charge < -0.3 is 14.2 Å². The Morgan fingerprint density at radius 3 is 2.55 bits per heavy atom. The lowest BCUT2D eigenvalue weighted by Crippen LogP contribution is -2.26. The quantitative estimate of drug-likeness (QED) is 0.397. The van der Waals surface area contributed by atoms with Gasteiger partial charge in [0.1, 0.15) is 18.5 Å². The van der Waals surface area contributed by atoms with Crippen LogP contribution in [0.15, 0.2) is 47.0 Å². The standard InChI is InChI=1S/C21H25N7O5/c1-6-31-19(29)27(5)26-25-18-23-16-15(22-13-28(16)20(30)33-21(2,3)4)17(24-18)32-12-14-10-8-7-9-11-14/h7-11,13H,6,12H2,1-5H3/b26-25+. The van der Waals surface area contributed by atoms with Gasteiger partial charge in [-0.2, -0.15) is 15.0 Å². The number of fused-ring (bicyclic) bond motifs is 1. The van der Waals surface area contributed by atoms with Gasteiger partial charge in [0.15, 0.2) is 11.2 Å². The highest BCUT2D eigenvalue weighted by Crippen LogP contribution is 2.26. The van der Waals surface area contributed by atoms with Gasteiger partial charge in [-0.3, -0.25) is 0 Å². The summed E-state index contributed by atoms with van der Waals surface area (Å²) in [5.74, 6) is -0.0501. The van der Waals surface area contributed by atoms with Crippen molar-refractivity contribution in [3.8, 4) is 5.88 Å². The number of benzene rings is 1. The lowest BCUT2D eigenvalue weighted by atomic mass is 10.2. The zero-order valence-corrected chi connectivity index (χ0v) is 19.1. The molecule has 3 aromatic rings. The molecule has 0 unspecified atom stereocenters. The molecule has 0 saturated heterocycles. The molecule has 0 aliphatic rings. The van der Waals surface area contributed by atoms with Crippen LogP contribution in [0.5, 0.6) is 5.88 Å². The van der Waals surface area contributed by atoms with Gasteiger partial charge in [0.05, 0.1) is 6.61 Å². The first kappa shape index (κ1) is 23.6. The third-order valence-electron chi connectivity index (χ3n) is 3.96. The molecule has 0 aliphatic heterocycles. The van der Waals surface area contributed by atoms with Gasteiger partial charge in [-0.1, -0.05) is 40.7 Å². The summed E-state index contributed by atoms with van der Waals surface area (Å²) in [5.41, 5.74) is 0.545. The van der Waals surface area contributed by atoms with Gasteiger partial charge in [0.25, 0.3) is 5.95 Å². The summed E-state index contributed by atoms with van der Waals surface area (Å²) in [7, 11) is 1.37. The normalized spacial score (nSPS) is 11.5. The monoisotopic (exact) mass is 455 g/mol. The molecule has 0 radical (unpaired) electrons. The number of carbonyl (C=O) groups is 2. The summed E-state index contributed by atoms with van der Waals surface area (Å²) in [6.07, 6.45) is -0.0972. The molecule has 0 atom stereocenters. The molecule has 0 fully saturated rings. The number of rotatable bonds is 6. The highest BCUT2D eigenvalue weighted by Gasteiger charge is 2.23. The molecule has 2 aromatic heterocycles. The van der Waals surface area contributed by atoms with Crippen LogP contribution in [-0.4, -0.2) is 56.0 Å². The average Bonchev–Trinajstić information content (AvgIpc) is 3.20. The molecular weight excluding hydrogens is 430 g/mol. The zero-order valence-electron chi connectivity index (χ0n) is 19.1. The van der Waals surface area contributed by atoms with Gasteiger partial charge in [0.2, 0.25) is 5.88 Å². The minimum Gasteiger partial charge on any atom is -0.471 e. The van der Waals surface area contributed by atoms with Crippen molar-refractivity contribution in [2.24, 2.45) is 10.3 Å². The third kappa shape index (κ3) is 6.21. The molecule has 1 aromatic carbocycles. The van der Waals surface area contributed by atoms with E-state index in [-0.39, 0.29) is 36.2 Å². The van der Waals surface area contributed by atoms with E-state index in [1.807, 2.05) is 30.3 Å². The molecule has 2 heterocycles. The van der Waals surface area contributed by atoms with Crippen molar-refractivity contribution in [3.05, 3.63) is 42.2 Å². The Kier molecular flexibility index (Phi) is 7.16. The molecule has 12 nitrogen and oxygen atoms in total. The summed E-state index contributed by atoms with van der Waals surface area (Å²) in [4.78, 5) is 37.1. The third-order valence-corrected chi connectivity index (χ3v) is 3.96. The fraction of sp³-hybridized carbons (Fsp3) is 0.381. The predicted molar refractivity (Wildman–Crippen MR) is 117 cm³/mol. The van der Waals surface area contributed by atoms with Crippen LogP contribution in [0.25, 0.3) is 11.2 Å². The van der Waals surface area contributed by atoms with Crippen LogP contribution in [0, 0.1) is 0 Å². The van der Waals surface area contributed by atoms with Crippen molar-refractivity contribution < 1.29 is 23.8 Å². The highest BCUT2D eigenvalue weighted by atomic mass is 16.6. The number of aromatic nitrogens is 4.